The van der Waals surface area contributed by atoms with Gasteiger partial charge in [0.15, 0.2) is 0 Å². The lowest BCUT2D eigenvalue weighted by Gasteiger charge is -2.13. The largest absolute Gasteiger partial charge is 0.352 e. The third kappa shape index (κ3) is 4.06. The fraction of sp³-hybridized carbons (Fsp3) is 0.562. The van der Waals surface area contributed by atoms with Gasteiger partial charge in [-0.25, -0.2) is 0 Å². The van der Waals surface area contributed by atoms with E-state index in [9.17, 15) is 4.79 Å². The van der Waals surface area contributed by atoms with E-state index in [1.165, 1.54) is 5.56 Å². The first-order valence-corrected chi connectivity index (χ1v) is 7.11. The molecule has 1 fully saturated rings. The van der Waals surface area contributed by atoms with Crippen LogP contribution >= 0.6 is 0 Å². The molecular formula is C16H24N2O. The standard InChI is InChI=1S/C16H24N2O/c1-12(2)14-6-4-13(5-7-14)10-16(19)17-15-8-9-18(3)11-15/h4-7,12,15H,8-11H2,1-3H3,(H,17,19)/t15-/m0/s1. The molecule has 1 atom stereocenters. The first-order valence-electron chi connectivity index (χ1n) is 7.11. The van der Waals surface area contributed by atoms with Gasteiger partial charge in [0.25, 0.3) is 0 Å². The Bertz CT molecular complexity index is 425. The lowest BCUT2D eigenvalue weighted by molar-refractivity contribution is -0.121. The number of likely N-dealkylation sites (N-methyl/N-ethyl adjacent to an activating group) is 1. The highest BCUT2D eigenvalue weighted by Crippen LogP contribution is 2.15. The first-order chi connectivity index (χ1) is 9.04. The van der Waals surface area contributed by atoms with Crippen LogP contribution in [-0.4, -0.2) is 37.0 Å². The van der Waals surface area contributed by atoms with E-state index in [0.717, 1.165) is 25.1 Å². The maximum absolute atomic E-state index is 12.0. The van der Waals surface area contributed by atoms with E-state index in [4.69, 9.17) is 0 Å². The molecule has 3 heteroatoms. The van der Waals surface area contributed by atoms with E-state index in [1.54, 1.807) is 0 Å². The molecule has 1 aliphatic heterocycles. The molecule has 1 heterocycles. The molecule has 0 saturated carbocycles. The summed E-state index contributed by atoms with van der Waals surface area (Å²) in [5.74, 6) is 0.675. The van der Waals surface area contributed by atoms with Crippen molar-refractivity contribution in [2.24, 2.45) is 0 Å². The Morgan fingerprint density at radius 3 is 2.58 bits per heavy atom. The first kappa shape index (κ1) is 14.1. The van der Waals surface area contributed by atoms with Gasteiger partial charge in [0.2, 0.25) is 5.91 Å². The maximum atomic E-state index is 12.0. The molecule has 104 valence electrons. The zero-order valence-corrected chi connectivity index (χ0v) is 12.1. The molecular weight excluding hydrogens is 236 g/mol. The van der Waals surface area contributed by atoms with Crippen molar-refractivity contribution < 1.29 is 4.79 Å². The van der Waals surface area contributed by atoms with Crippen LogP contribution in [0.4, 0.5) is 0 Å². The van der Waals surface area contributed by atoms with Gasteiger partial charge in [-0.05, 0) is 37.1 Å². The predicted octanol–water partition coefficient (Wildman–Crippen LogP) is 2.17. The van der Waals surface area contributed by atoms with Crippen LogP contribution in [0.3, 0.4) is 0 Å². The van der Waals surface area contributed by atoms with Crippen molar-refractivity contribution in [2.45, 2.75) is 38.6 Å². The van der Waals surface area contributed by atoms with Gasteiger partial charge < -0.3 is 10.2 Å². The summed E-state index contributed by atoms with van der Waals surface area (Å²) in [5, 5.41) is 3.11. The zero-order valence-electron chi connectivity index (χ0n) is 12.1. The Labute approximate surface area is 116 Å². The molecule has 0 bridgehead atoms. The lowest BCUT2D eigenvalue weighted by atomic mass is 10.0. The van der Waals surface area contributed by atoms with Crippen molar-refractivity contribution >= 4 is 5.91 Å². The highest BCUT2D eigenvalue weighted by atomic mass is 16.1. The van der Waals surface area contributed by atoms with Gasteiger partial charge in [-0.15, -0.1) is 0 Å². The van der Waals surface area contributed by atoms with E-state index >= 15 is 0 Å². The van der Waals surface area contributed by atoms with Crippen LogP contribution in [0.5, 0.6) is 0 Å². The van der Waals surface area contributed by atoms with E-state index in [1.807, 2.05) is 0 Å². The second kappa shape index (κ2) is 6.20. The Balaban J connectivity index is 1.85. The third-order valence-electron chi connectivity index (χ3n) is 3.77. The molecule has 1 N–H and O–H groups in total. The Hall–Kier alpha value is -1.35. The second-order valence-electron chi connectivity index (χ2n) is 5.89. The van der Waals surface area contributed by atoms with Gasteiger partial charge in [0.05, 0.1) is 6.42 Å². The molecule has 1 saturated heterocycles. The van der Waals surface area contributed by atoms with Gasteiger partial charge in [-0.2, -0.15) is 0 Å². The summed E-state index contributed by atoms with van der Waals surface area (Å²) in [4.78, 5) is 14.2. The number of carbonyl (C=O) groups excluding carboxylic acids is 1. The summed E-state index contributed by atoms with van der Waals surface area (Å²) in [6.45, 7) is 6.41. The highest BCUT2D eigenvalue weighted by Gasteiger charge is 2.20. The van der Waals surface area contributed by atoms with Crippen LogP contribution in [0.25, 0.3) is 0 Å². The molecule has 0 aromatic heterocycles. The Morgan fingerprint density at radius 1 is 1.37 bits per heavy atom. The number of benzene rings is 1. The SMILES string of the molecule is CC(C)c1ccc(CC(=O)N[C@H]2CCN(C)C2)cc1. The number of amides is 1. The molecule has 19 heavy (non-hydrogen) atoms. The number of likely N-dealkylation sites (tertiary alicyclic amines) is 1. The molecule has 1 amide bonds. The molecule has 2 rings (SSSR count). The van der Waals surface area contributed by atoms with Crippen LogP contribution in [0, 0.1) is 0 Å². The lowest BCUT2D eigenvalue weighted by Crippen LogP contribution is -2.37. The normalized spacial score (nSPS) is 19.9. The quantitative estimate of drug-likeness (QED) is 0.900. The predicted molar refractivity (Wildman–Crippen MR) is 78.3 cm³/mol. The number of nitrogens with zero attached hydrogens (tertiary/aromatic N) is 1. The van der Waals surface area contributed by atoms with E-state index < -0.39 is 0 Å². The van der Waals surface area contributed by atoms with Gasteiger partial charge in [0, 0.05) is 12.6 Å². The molecule has 3 nitrogen and oxygen atoms in total. The van der Waals surface area contributed by atoms with Gasteiger partial charge in [0.1, 0.15) is 0 Å². The van der Waals surface area contributed by atoms with Crippen LogP contribution in [0.15, 0.2) is 24.3 Å². The average molecular weight is 260 g/mol. The summed E-state index contributed by atoms with van der Waals surface area (Å²) in [6.07, 6.45) is 1.55. The van der Waals surface area contributed by atoms with Crippen molar-refractivity contribution in [3.8, 4) is 0 Å². The minimum absolute atomic E-state index is 0.137. The summed E-state index contributed by atoms with van der Waals surface area (Å²) in [6, 6.07) is 8.70. The number of rotatable bonds is 4. The molecule has 0 spiro atoms. The molecule has 0 aliphatic carbocycles. The van der Waals surface area contributed by atoms with Crippen LogP contribution < -0.4 is 5.32 Å². The third-order valence-corrected chi connectivity index (χ3v) is 3.77. The smallest absolute Gasteiger partial charge is 0.224 e. The minimum atomic E-state index is 0.137. The van der Waals surface area contributed by atoms with Gasteiger partial charge in [-0.3, -0.25) is 4.79 Å². The van der Waals surface area contributed by atoms with Crippen molar-refractivity contribution in [1.29, 1.82) is 0 Å². The van der Waals surface area contributed by atoms with Crippen molar-refractivity contribution in [1.82, 2.24) is 10.2 Å². The number of nitrogens with one attached hydrogen (secondary N) is 1. The molecule has 1 aliphatic rings. The van der Waals surface area contributed by atoms with Crippen LogP contribution in [0.2, 0.25) is 0 Å². The fourth-order valence-electron chi connectivity index (χ4n) is 2.54. The minimum Gasteiger partial charge on any atom is -0.352 e. The van der Waals surface area contributed by atoms with Crippen molar-refractivity contribution in [3.05, 3.63) is 35.4 Å². The summed E-state index contributed by atoms with van der Waals surface area (Å²) in [7, 11) is 2.09. The Kier molecular flexibility index (Phi) is 4.59. The second-order valence-corrected chi connectivity index (χ2v) is 5.89. The highest BCUT2D eigenvalue weighted by molar-refractivity contribution is 5.78. The molecule has 0 unspecified atom stereocenters. The topological polar surface area (TPSA) is 32.3 Å². The Morgan fingerprint density at radius 2 is 2.05 bits per heavy atom. The monoisotopic (exact) mass is 260 g/mol. The fourth-order valence-corrected chi connectivity index (χ4v) is 2.54. The number of hydrogen-bond acceptors (Lipinski definition) is 2. The van der Waals surface area contributed by atoms with Crippen molar-refractivity contribution in [3.63, 3.8) is 0 Å². The summed E-state index contributed by atoms with van der Waals surface area (Å²) in [5.41, 5.74) is 2.41. The van der Waals surface area contributed by atoms with E-state index in [0.29, 0.717) is 18.4 Å². The maximum Gasteiger partial charge on any atom is 0.224 e. The van der Waals surface area contributed by atoms with Gasteiger partial charge >= 0.3 is 0 Å². The zero-order chi connectivity index (χ0) is 13.8. The molecule has 0 radical (unpaired) electrons. The average Bonchev–Trinajstić information content (AvgIpc) is 2.75. The molecule has 1 aromatic rings. The van der Waals surface area contributed by atoms with Gasteiger partial charge in [-0.1, -0.05) is 38.1 Å². The molecule has 1 aromatic carbocycles. The van der Waals surface area contributed by atoms with Crippen LogP contribution in [-0.2, 0) is 11.2 Å². The number of hydrogen-bond donors (Lipinski definition) is 1. The van der Waals surface area contributed by atoms with E-state index in [2.05, 4.69) is 55.4 Å². The van der Waals surface area contributed by atoms with Crippen LogP contribution in [0.1, 0.15) is 37.3 Å². The summed E-state index contributed by atoms with van der Waals surface area (Å²) < 4.78 is 0. The van der Waals surface area contributed by atoms with E-state index in [-0.39, 0.29) is 5.91 Å². The number of carbonyl (C=O) groups is 1. The van der Waals surface area contributed by atoms with Crippen molar-refractivity contribution in [2.75, 3.05) is 20.1 Å². The summed E-state index contributed by atoms with van der Waals surface area (Å²) >= 11 is 0.